The highest BCUT2D eigenvalue weighted by Crippen LogP contribution is 2.21. The van der Waals surface area contributed by atoms with Crippen LogP contribution in [0.25, 0.3) is 0 Å². The van der Waals surface area contributed by atoms with Gasteiger partial charge in [0.15, 0.2) is 0 Å². The maximum atomic E-state index is 11.9. The highest BCUT2D eigenvalue weighted by molar-refractivity contribution is 6.33. The van der Waals surface area contributed by atoms with Crippen LogP contribution in [-0.2, 0) is 9.53 Å². The number of methoxy groups -OCH3 is 1. The zero-order chi connectivity index (χ0) is 16.0. The van der Waals surface area contributed by atoms with Crippen LogP contribution < -0.4 is 10.6 Å². The largest absolute Gasteiger partial charge is 0.465 e. The molecule has 0 bridgehead atoms. The molecule has 0 fully saturated rings. The Kier molecular flexibility index (Phi) is 5.98. The third kappa shape index (κ3) is 6.01. The fourth-order valence-electron chi connectivity index (χ4n) is 1.39. The zero-order valence-electron chi connectivity index (χ0n) is 10.9. The Hall–Kier alpha value is -1.80. The molecule has 0 unspecified atom stereocenters. The number of benzene rings is 1. The molecule has 0 aliphatic carbocycles. The summed E-state index contributed by atoms with van der Waals surface area (Å²) in [6, 6.07) is 4.05. The summed E-state index contributed by atoms with van der Waals surface area (Å²) in [7, 11) is 1.17. The van der Waals surface area contributed by atoms with Crippen LogP contribution in [0.5, 0.6) is 0 Å². The summed E-state index contributed by atoms with van der Waals surface area (Å²) in [6.07, 6.45) is -4.39. The molecule has 0 atom stereocenters. The predicted octanol–water partition coefficient (Wildman–Crippen LogP) is 2.22. The molecule has 0 saturated carbocycles. The van der Waals surface area contributed by atoms with Gasteiger partial charge in [0.05, 0.1) is 30.8 Å². The number of nitrogens with one attached hydrogen (secondary N) is 2. The maximum Gasteiger partial charge on any atom is 0.401 e. The summed E-state index contributed by atoms with van der Waals surface area (Å²) in [4.78, 5) is 22.8. The Bertz CT molecular complexity index is 535. The number of halogens is 4. The average molecular weight is 325 g/mol. The lowest BCUT2D eigenvalue weighted by Crippen LogP contribution is -2.35. The van der Waals surface area contributed by atoms with Gasteiger partial charge in [-0.2, -0.15) is 13.2 Å². The number of carbonyl (C=O) groups excluding carboxylic acids is 2. The average Bonchev–Trinajstić information content (AvgIpc) is 2.38. The minimum absolute atomic E-state index is 0.0419. The molecule has 21 heavy (non-hydrogen) atoms. The van der Waals surface area contributed by atoms with E-state index in [2.05, 4.69) is 10.1 Å². The number of rotatable bonds is 5. The van der Waals surface area contributed by atoms with E-state index in [1.165, 1.54) is 25.3 Å². The Balaban J connectivity index is 2.62. The van der Waals surface area contributed by atoms with E-state index in [0.29, 0.717) is 0 Å². The van der Waals surface area contributed by atoms with E-state index in [1.54, 1.807) is 0 Å². The van der Waals surface area contributed by atoms with Crippen molar-refractivity contribution in [3.8, 4) is 0 Å². The van der Waals surface area contributed by atoms with Gasteiger partial charge in [-0.15, -0.1) is 0 Å². The zero-order valence-corrected chi connectivity index (χ0v) is 11.6. The van der Waals surface area contributed by atoms with E-state index in [-0.39, 0.29) is 16.3 Å². The third-order valence-corrected chi connectivity index (χ3v) is 2.60. The van der Waals surface area contributed by atoms with Gasteiger partial charge in [-0.05, 0) is 18.2 Å². The summed E-state index contributed by atoms with van der Waals surface area (Å²) in [5.74, 6) is -1.37. The van der Waals surface area contributed by atoms with Crippen LogP contribution in [0.3, 0.4) is 0 Å². The van der Waals surface area contributed by atoms with Crippen molar-refractivity contribution in [1.29, 1.82) is 0 Å². The molecule has 0 saturated heterocycles. The van der Waals surface area contributed by atoms with Crippen molar-refractivity contribution in [1.82, 2.24) is 5.32 Å². The first-order chi connectivity index (χ1) is 9.73. The second-order valence-corrected chi connectivity index (χ2v) is 4.36. The van der Waals surface area contributed by atoms with E-state index >= 15 is 0 Å². The summed E-state index contributed by atoms with van der Waals surface area (Å²) in [5.41, 5.74) is 0.263. The molecule has 0 heterocycles. The SMILES string of the molecule is COC(=O)c1cc(NC(=O)CNCC(F)(F)F)ccc1Cl. The second-order valence-electron chi connectivity index (χ2n) is 3.95. The molecular weight excluding hydrogens is 313 g/mol. The summed E-state index contributed by atoms with van der Waals surface area (Å²) in [6.45, 7) is -1.79. The molecule has 116 valence electrons. The number of ether oxygens (including phenoxy) is 1. The second kappa shape index (κ2) is 7.28. The Morgan fingerprint density at radius 3 is 2.57 bits per heavy atom. The first-order valence-electron chi connectivity index (χ1n) is 5.68. The fourth-order valence-corrected chi connectivity index (χ4v) is 1.59. The van der Waals surface area contributed by atoms with Crippen LogP contribution in [0.2, 0.25) is 5.02 Å². The summed E-state index contributed by atoms with van der Waals surface area (Å²) < 4.78 is 40.2. The summed E-state index contributed by atoms with van der Waals surface area (Å²) >= 11 is 5.79. The van der Waals surface area contributed by atoms with E-state index in [1.807, 2.05) is 5.32 Å². The monoisotopic (exact) mass is 324 g/mol. The molecule has 5 nitrogen and oxygen atoms in total. The van der Waals surface area contributed by atoms with Gasteiger partial charge in [-0.1, -0.05) is 11.6 Å². The molecule has 0 spiro atoms. The first-order valence-corrected chi connectivity index (χ1v) is 6.06. The van der Waals surface area contributed by atoms with E-state index in [4.69, 9.17) is 11.6 Å². The molecule has 1 amide bonds. The molecule has 2 N–H and O–H groups in total. The Morgan fingerprint density at radius 1 is 1.33 bits per heavy atom. The Morgan fingerprint density at radius 2 is 2.00 bits per heavy atom. The van der Waals surface area contributed by atoms with Crippen molar-refractivity contribution in [3.05, 3.63) is 28.8 Å². The van der Waals surface area contributed by atoms with Crippen LogP contribution in [0.4, 0.5) is 18.9 Å². The molecule has 1 aromatic rings. The Labute approximate surface area is 123 Å². The van der Waals surface area contributed by atoms with Crippen molar-refractivity contribution < 1.29 is 27.5 Å². The highest BCUT2D eigenvalue weighted by Gasteiger charge is 2.26. The number of anilines is 1. The summed E-state index contributed by atoms with van der Waals surface area (Å²) in [5, 5.41) is 4.42. The lowest BCUT2D eigenvalue weighted by atomic mass is 10.2. The van der Waals surface area contributed by atoms with Crippen LogP contribution in [0.1, 0.15) is 10.4 Å². The van der Waals surface area contributed by atoms with Crippen LogP contribution in [0.15, 0.2) is 18.2 Å². The number of alkyl halides is 3. The number of carbonyl (C=O) groups is 2. The topological polar surface area (TPSA) is 67.4 Å². The van der Waals surface area contributed by atoms with Crippen LogP contribution in [0, 0.1) is 0 Å². The van der Waals surface area contributed by atoms with Crippen LogP contribution in [-0.4, -0.2) is 38.3 Å². The van der Waals surface area contributed by atoms with Crippen molar-refractivity contribution in [2.75, 3.05) is 25.5 Å². The van der Waals surface area contributed by atoms with Gasteiger partial charge < -0.3 is 15.4 Å². The van der Waals surface area contributed by atoms with Gasteiger partial charge in [0.25, 0.3) is 0 Å². The number of amides is 1. The van der Waals surface area contributed by atoms with Crippen molar-refractivity contribution in [2.24, 2.45) is 0 Å². The molecule has 0 aliphatic heterocycles. The van der Waals surface area contributed by atoms with E-state index in [9.17, 15) is 22.8 Å². The molecule has 0 aromatic heterocycles. The minimum Gasteiger partial charge on any atom is -0.465 e. The van der Waals surface area contributed by atoms with Gasteiger partial charge in [-0.3, -0.25) is 4.79 Å². The van der Waals surface area contributed by atoms with E-state index in [0.717, 1.165) is 0 Å². The fraction of sp³-hybridized carbons (Fsp3) is 0.333. The number of hydrogen-bond donors (Lipinski definition) is 2. The predicted molar refractivity (Wildman–Crippen MR) is 70.3 cm³/mol. The van der Waals surface area contributed by atoms with Gasteiger partial charge in [0.1, 0.15) is 0 Å². The van der Waals surface area contributed by atoms with Gasteiger partial charge >= 0.3 is 12.1 Å². The lowest BCUT2D eigenvalue weighted by Gasteiger charge is -2.10. The highest BCUT2D eigenvalue weighted by atomic mass is 35.5. The van der Waals surface area contributed by atoms with Crippen molar-refractivity contribution >= 4 is 29.2 Å². The van der Waals surface area contributed by atoms with Gasteiger partial charge in [0.2, 0.25) is 5.91 Å². The van der Waals surface area contributed by atoms with Gasteiger partial charge in [-0.25, -0.2) is 4.79 Å². The van der Waals surface area contributed by atoms with Crippen LogP contribution >= 0.6 is 11.6 Å². The minimum atomic E-state index is -4.39. The standard InChI is InChI=1S/C12H12ClF3N2O3/c1-21-11(20)8-4-7(2-3-9(8)13)18-10(19)5-17-6-12(14,15)16/h2-4,17H,5-6H2,1H3,(H,18,19). The molecule has 0 aliphatic rings. The molecule has 9 heteroatoms. The molecule has 1 rings (SSSR count). The van der Waals surface area contributed by atoms with Crippen molar-refractivity contribution in [3.63, 3.8) is 0 Å². The number of hydrogen-bond acceptors (Lipinski definition) is 4. The lowest BCUT2D eigenvalue weighted by molar-refractivity contribution is -0.126. The normalized spacial score (nSPS) is 11.1. The molecule has 0 radical (unpaired) electrons. The number of esters is 1. The third-order valence-electron chi connectivity index (χ3n) is 2.27. The maximum absolute atomic E-state index is 11.9. The first kappa shape index (κ1) is 17.3. The van der Waals surface area contributed by atoms with Gasteiger partial charge in [0, 0.05) is 5.69 Å². The smallest absolute Gasteiger partial charge is 0.401 e. The van der Waals surface area contributed by atoms with E-state index < -0.39 is 31.1 Å². The van der Waals surface area contributed by atoms with Crippen molar-refractivity contribution in [2.45, 2.75) is 6.18 Å². The molecule has 1 aromatic carbocycles. The quantitative estimate of drug-likeness (QED) is 0.815. The molecular formula is C12H12ClF3N2O3.